The number of hydrogen-bond acceptors (Lipinski definition) is 3. The van der Waals surface area contributed by atoms with Crippen LogP contribution in [-0.4, -0.2) is 25.7 Å². The van der Waals surface area contributed by atoms with E-state index in [0.29, 0.717) is 29.8 Å². The number of nitrogens with one attached hydrogen (secondary N) is 1. The van der Waals surface area contributed by atoms with Crippen LogP contribution in [0.1, 0.15) is 36.5 Å². The second-order valence-electron chi connectivity index (χ2n) is 6.59. The van der Waals surface area contributed by atoms with Crippen LogP contribution in [0.25, 0.3) is 0 Å². The Morgan fingerprint density at radius 2 is 1.88 bits per heavy atom. The van der Waals surface area contributed by atoms with Gasteiger partial charge in [-0.1, -0.05) is 43.6 Å². The summed E-state index contributed by atoms with van der Waals surface area (Å²) in [5, 5.41) is 3.46. The standard InChI is InChI=1S/C21H26ClNO3/c1-14(2)18-8-5-15(3)11-20(18)26-13-21(24)23-9-10-25-17-7-6-16(4)19(22)12-17/h5-8,11-12,14H,9-10,13H2,1-4H3,(H,23,24). The molecule has 4 nitrogen and oxygen atoms in total. The molecule has 0 aliphatic heterocycles. The Hall–Kier alpha value is -2.20. The van der Waals surface area contributed by atoms with Gasteiger partial charge in [0.1, 0.15) is 18.1 Å². The molecule has 0 saturated heterocycles. The first-order valence-electron chi connectivity index (χ1n) is 8.76. The third-order valence-electron chi connectivity index (χ3n) is 3.99. The Morgan fingerprint density at radius 1 is 1.12 bits per heavy atom. The molecule has 0 spiro atoms. The maximum atomic E-state index is 12.0. The molecule has 2 aromatic carbocycles. The molecule has 2 aromatic rings. The molecule has 0 bridgehead atoms. The summed E-state index contributed by atoms with van der Waals surface area (Å²) in [6, 6.07) is 11.6. The molecule has 1 amide bonds. The van der Waals surface area contributed by atoms with Crippen molar-refractivity contribution in [1.29, 1.82) is 0 Å². The largest absolute Gasteiger partial charge is 0.492 e. The van der Waals surface area contributed by atoms with Gasteiger partial charge in [0.15, 0.2) is 6.61 Å². The van der Waals surface area contributed by atoms with Crippen LogP contribution < -0.4 is 14.8 Å². The minimum Gasteiger partial charge on any atom is -0.492 e. The number of aryl methyl sites for hydroxylation is 2. The maximum Gasteiger partial charge on any atom is 0.258 e. The molecule has 0 aliphatic rings. The molecular formula is C21H26ClNO3. The molecular weight excluding hydrogens is 350 g/mol. The van der Waals surface area contributed by atoms with Crippen molar-refractivity contribution in [3.8, 4) is 11.5 Å². The predicted molar refractivity (Wildman–Crippen MR) is 105 cm³/mol. The van der Waals surface area contributed by atoms with Gasteiger partial charge in [-0.2, -0.15) is 0 Å². The molecule has 140 valence electrons. The molecule has 1 N–H and O–H groups in total. The van der Waals surface area contributed by atoms with Crippen LogP contribution in [0.3, 0.4) is 0 Å². The molecule has 0 aromatic heterocycles. The summed E-state index contributed by atoms with van der Waals surface area (Å²) in [5.74, 6) is 1.61. The number of halogens is 1. The lowest BCUT2D eigenvalue weighted by Gasteiger charge is -2.15. The van der Waals surface area contributed by atoms with Gasteiger partial charge in [-0.3, -0.25) is 4.79 Å². The Bertz CT molecular complexity index is 759. The van der Waals surface area contributed by atoms with E-state index in [0.717, 1.165) is 22.4 Å². The quantitative estimate of drug-likeness (QED) is 0.683. The smallest absolute Gasteiger partial charge is 0.258 e. The Balaban J connectivity index is 1.75. The van der Waals surface area contributed by atoms with Gasteiger partial charge in [0.25, 0.3) is 5.91 Å². The second kappa shape index (κ2) is 9.48. The fraction of sp³-hybridized carbons (Fsp3) is 0.381. The predicted octanol–water partition coefficient (Wildman–Crippen LogP) is 4.65. The summed E-state index contributed by atoms with van der Waals surface area (Å²) in [5.41, 5.74) is 3.21. The van der Waals surface area contributed by atoms with Gasteiger partial charge in [0, 0.05) is 5.02 Å². The monoisotopic (exact) mass is 375 g/mol. The SMILES string of the molecule is Cc1ccc(C(C)C)c(OCC(=O)NCCOc2ccc(C)c(Cl)c2)c1. The van der Waals surface area contributed by atoms with Crippen molar-refractivity contribution in [3.63, 3.8) is 0 Å². The van der Waals surface area contributed by atoms with E-state index in [1.165, 1.54) is 0 Å². The van der Waals surface area contributed by atoms with Crippen LogP contribution in [0.5, 0.6) is 11.5 Å². The number of hydrogen-bond donors (Lipinski definition) is 1. The number of ether oxygens (including phenoxy) is 2. The molecule has 0 fully saturated rings. The minimum atomic E-state index is -0.174. The molecule has 2 rings (SSSR count). The first-order valence-corrected chi connectivity index (χ1v) is 9.13. The minimum absolute atomic E-state index is 0.0144. The normalized spacial score (nSPS) is 10.7. The molecule has 0 atom stereocenters. The molecule has 0 unspecified atom stereocenters. The number of benzene rings is 2. The Kier molecular flexibility index (Phi) is 7.34. The lowest BCUT2D eigenvalue weighted by molar-refractivity contribution is -0.123. The number of carbonyl (C=O) groups is 1. The van der Waals surface area contributed by atoms with Crippen molar-refractivity contribution in [1.82, 2.24) is 5.32 Å². The third kappa shape index (κ3) is 5.95. The van der Waals surface area contributed by atoms with Gasteiger partial charge in [-0.05, 0) is 54.7 Å². The number of rotatable bonds is 8. The highest BCUT2D eigenvalue weighted by atomic mass is 35.5. The van der Waals surface area contributed by atoms with Crippen LogP contribution >= 0.6 is 11.6 Å². The summed E-state index contributed by atoms with van der Waals surface area (Å²) >= 11 is 6.06. The molecule has 26 heavy (non-hydrogen) atoms. The molecule has 5 heteroatoms. The molecule has 0 aliphatic carbocycles. The first kappa shape index (κ1) is 20.1. The lowest BCUT2D eigenvalue weighted by Crippen LogP contribution is -2.32. The van der Waals surface area contributed by atoms with Crippen molar-refractivity contribution >= 4 is 17.5 Å². The van der Waals surface area contributed by atoms with E-state index < -0.39 is 0 Å². The van der Waals surface area contributed by atoms with E-state index in [1.54, 1.807) is 6.07 Å². The molecule has 0 radical (unpaired) electrons. The van der Waals surface area contributed by atoms with E-state index in [-0.39, 0.29) is 12.5 Å². The van der Waals surface area contributed by atoms with Gasteiger partial charge < -0.3 is 14.8 Å². The Morgan fingerprint density at radius 3 is 2.58 bits per heavy atom. The van der Waals surface area contributed by atoms with Crippen LogP contribution in [0.15, 0.2) is 36.4 Å². The van der Waals surface area contributed by atoms with Gasteiger partial charge in [0.05, 0.1) is 6.54 Å². The van der Waals surface area contributed by atoms with E-state index in [9.17, 15) is 4.79 Å². The van der Waals surface area contributed by atoms with E-state index in [1.807, 2.05) is 38.1 Å². The van der Waals surface area contributed by atoms with Crippen molar-refractivity contribution in [2.45, 2.75) is 33.6 Å². The van der Waals surface area contributed by atoms with Crippen LogP contribution in [0.4, 0.5) is 0 Å². The highest BCUT2D eigenvalue weighted by molar-refractivity contribution is 6.31. The van der Waals surface area contributed by atoms with Gasteiger partial charge in [0.2, 0.25) is 0 Å². The van der Waals surface area contributed by atoms with Gasteiger partial charge in [-0.15, -0.1) is 0 Å². The van der Waals surface area contributed by atoms with Gasteiger partial charge in [-0.25, -0.2) is 0 Å². The average Bonchev–Trinajstić information content (AvgIpc) is 2.59. The van der Waals surface area contributed by atoms with Crippen LogP contribution in [0.2, 0.25) is 5.02 Å². The summed E-state index contributed by atoms with van der Waals surface area (Å²) in [7, 11) is 0. The topological polar surface area (TPSA) is 47.6 Å². The van der Waals surface area contributed by atoms with E-state index in [2.05, 4.69) is 25.2 Å². The van der Waals surface area contributed by atoms with Crippen molar-refractivity contribution in [2.75, 3.05) is 19.8 Å². The van der Waals surface area contributed by atoms with E-state index in [4.69, 9.17) is 21.1 Å². The zero-order chi connectivity index (χ0) is 19.1. The summed E-state index contributed by atoms with van der Waals surface area (Å²) in [6.07, 6.45) is 0. The third-order valence-corrected chi connectivity index (χ3v) is 4.39. The van der Waals surface area contributed by atoms with Crippen molar-refractivity contribution < 1.29 is 14.3 Å². The van der Waals surface area contributed by atoms with Gasteiger partial charge >= 0.3 is 0 Å². The zero-order valence-corrected chi connectivity index (χ0v) is 16.5. The summed E-state index contributed by atoms with van der Waals surface area (Å²) in [6.45, 7) is 8.90. The van der Waals surface area contributed by atoms with Crippen LogP contribution in [-0.2, 0) is 4.79 Å². The maximum absolute atomic E-state index is 12.0. The Labute approximate surface area is 160 Å². The van der Waals surface area contributed by atoms with Crippen molar-refractivity contribution in [3.05, 3.63) is 58.1 Å². The highest BCUT2D eigenvalue weighted by Crippen LogP contribution is 2.27. The second-order valence-corrected chi connectivity index (χ2v) is 7.00. The first-order chi connectivity index (χ1) is 12.4. The van der Waals surface area contributed by atoms with Crippen LogP contribution in [0, 0.1) is 13.8 Å². The fourth-order valence-corrected chi connectivity index (χ4v) is 2.63. The lowest BCUT2D eigenvalue weighted by atomic mass is 10.0. The summed E-state index contributed by atoms with van der Waals surface area (Å²) < 4.78 is 11.3. The average molecular weight is 376 g/mol. The fourth-order valence-electron chi connectivity index (χ4n) is 2.46. The molecule has 0 saturated carbocycles. The number of carbonyl (C=O) groups excluding carboxylic acids is 1. The number of amides is 1. The zero-order valence-electron chi connectivity index (χ0n) is 15.8. The molecule has 0 heterocycles. The van der Waals surface area contributed by atoms with E-state index >= 15 is 0 Å². The highest BCUT2D eigenvalue weighted by Gasteiger charge is 2.10. The summed E-state index contributed by atoms with van der Waals surface area (Å²) in [4.78, 5) is 12.0. The van der Waals surface area contributed by atoms with Crippen molar-refractivity contribution in [2.24, 2.45) is 0 Å².